The van der Waals surface area contributed by atoms with Crippen LogP contribution in [0.3, 0.4) is 0 Å². The number of benzene rings is 1. The highest BCUT2D eigenvalue weighted by Gasteiger charge is 2.21. The Morgan fingerprint density at radius 1 is 1.15 bits per heavy atom. The molecular weight excluding hydrogens is 252 g/mol. The molecule has 2 N–H and O–H groups in total. The summed E-state index contributed by atoms with van der Waals surface area (Å²) >= 11 is 0. The van der Waals surface area contributed by atoms with E-state index in [4.69, 9.17) is 15.2 Å². The SMILES string of the molecule is COc1ccc(C2CCN(CCCN)CC2)cc1OC. The number of piperidine rings is 1. The maximum Gasteiger partial charge on any atom is 0.160 e. The Hall–Kier alpha value is -1.26. The number of hydrogen-bond acceptors (Lipinski definition) is 4. The molecule has 1 aromatic carbocycles. The van der Waals surface area contributed by atoms with Crippen molar-refractivity contribution in [3.63, 3.8) is 0 Å². The van der Waals surface area contributed by atoms with Gasteiger partial charge in [-0.1, -0.05) is 6.07 Å². The van der Waals surface area contributed by atoms with E-state index in [1.807, 2.05) is 6.07 Å². The highest BCUT2D eigenvalue weighted by Crippen LogP contribution is 2.34. The lowest BCUT2D eigenvalue weighted by Crippen LogP contribution is -2.34. The number of methoxy groups -OCH3 is 2. The highest BCUT2D eigenvalue weighted by atomic mass is 16.5. The molecule has 20 heavy (non-hydrogen) atoms. The summed E-state index contributed by atoms with van der Waals surface area (Å²) < 4.78 is 10.7. The van der Waals surface area contributed by atoms with Gasteiger partial charge in [0.2, 0.25) is 0 Å². The van der Waals surface area contributed by atoms with E-state index < -0.39 is 0 Å². The third-order valence-electron chi connectivity index (χ3n) is 4.15. The summed E-state index contributed by atoms with van der Waals surface area (Å²) in [5, 5.41) is 0. The molecule has 0 atom stereocenters. The van der Waals surface area contributed by atoms with E-state index in [0.29, 0.717) is 5.92 Å². The summed E-state index contributed by atoms with van der Waals surface area (Å²) in [5.74, 6) is 2.26. The van der Waals surface area contributed by atoms with Crippen molar-refractivity contribution in [3.05, 3.63) is 23.8 Å². The quantitative estimate of drug-likeness (QED) is 0.867. The Bertz CT molecular complexity index is 415. The molecule has 112 valence electrons. The molecule has 0 saturated carbocycles. The Kier molecular flexibility index (Phi) is 5.68. The monoisotopic (exact) mass is 278 g/mol. The molecule has 0 radical (unpaired) electrons. The Morgan fingerprint density at radius 3 is 2.45 bits per heavy atom. The van der Waals surface area contributed by atoms with E-state index in [0.717, 1.165) is 31.0 Å². The molecule has 1 aromatic rings. The van der Waals surface area contributed by atoms with E-state index in [2.05, 4.69) is 17.0 Å². The van der Waals surface area contributed by atoms with Crippen molar-refractivity contribution in [1.82, 2.24) is 4.90 Å². The lowest BCUT2D eigenvalue weighted by Gasteiger charge is -2.32. The molecule has 0 amide bonds. The van der Waals surface area contributed by atoms with Crippen LogP contribution in [0.15, 0.2) is 18.2 Å². The van der Waals surface area contributed by atoms with Gasteiger partial charge in [0.1, 0.15) is 0 Å². The van der Waals surface area contributed by atoms with E-state index in [1.165, 1.54) is 31.5 Å². The fourth-order valence-electron chi connectivity index (χ4n) is 2.91. The van der Waals surface area contributed by atoms with Crippen molar-refractivity contribution in [1.29, 1.82) is 0 Å². The first-order valence-corrected chi connectivity index (χ1v) is 7.42. The van der Waals surface area contributed by atoms with Gasteiger partial charge in [0.25, 0.3) is 0 Å². The van der Waals surface area contributed by atoms with Gasteiger partial charge in [-0.25, -0.2) is 0 Å². The van der Waals surface area contributed by atoms with Crippen LogP contribution in [-0.4, -0.2) is 45.3 Å². The minimum atomic E-state index is 0.629. The lowest BCUT2D eigenvalue weighted by molar-refractivity contribution is 0.211. The Labute approximate surface area is 121 Å². The number of rotatable bonds is 6. The molecule has 0 aliphatic carbocycles. The lowest BCUT2D eigenvalue weighted by atomic mass is 9.89. The average molecular weight is 278 g/mol. The van der Waals surface area contributed by atoms with Crippen molar-refractivity contribution in [2.24, 2.45) is 5.73 Å². The van der Waals surface area contributed by atoms with Gasteiger partial charge in [-0.2, -0.15) is 0 Å². The first-order chi connectivity index (χ1) is 9.78. The minimum absolute atomic E-state index is 0.629. The minimum Gasteiger partial charge on any atom is -0.493 e. The van der Waals surface area contributed by atoms with Crippen LogP contribution >= 0.6 is 0 Å². The Balaban J connectivity index is 1.96. The molecule has 1 aliphatic heterocycles. The zero-order chi connectivity index (χ0) is 14.4. The molecule has 2 rings (SSSR count). The van der Waals surface area contributed by atoms with Gasteiger partial charge in [0.15, 0.2) is 11.5 Å². The van der Waals surface area contributed by atoms with Gasteiger partial charge in [-0.3, -0.25) is 0 Å². The molecule has 1 fully saturated rings. The summed E-state index contributed by atoms with van der Waals surface area (Å²) in [6.07, 6.45) is 3.52. The number of nitrogens with zero attached hydrogens (tertiary/aromatic N) is 1. The molecule has 0 aromatic heterocycles. The molecule has 4 nitrogen and oxygen atoms in total. The molecule has 1 saturated heterocycles. The second-order valence-corrected chi connectivity index (χ2v) is 5.37. The van der Waals surface area contributed by atoms with Crippen LogP contribution in [0.25, 0.3) is 0 Å². The topological polar surface area (TPSA) is 47.7 Å². The molecule has 1 aliphatic rings. The average Bonchev–Trinajstić information content (AvgIpc) is 2.52. The maximum atomic E-state index is 5.57. The van der Waals surface area contributed by atoms with Crippen LogP contribution < -0.4 is 15.2 Å². The number of nitrogens with two attached hydrogens (primary N) is 1. The molecule has 0 bridgehead atoms. The molecule has 4 heteroatoms. The normalized spacial score (nSPS) is 17.1. The summed E-state index contributed by atoms with van der Waals surface area (Å²) in [6.45, 7) is 4.25. The smallest absolute Gasteiger partial charge is 0.160 e. The van der Waals surface area contributed by atoms with Crippen LogP contribution in [0.2, 0.25) is 0 Å². The van der Waals surface area contributed by atoms with Crippen molar-refractivity contribution < 1.29 is 9.47 Å². The van der Waals surface area contributed by atoms with Crippen molar-refractivity contribution >= 4 is 0 Å². The van der Waals surface area contributed by atoms with Gasteiger partial charge < -0.3 is 20.1 Å². The standard InChI is InChI=1S/C16H26N2O2/c1-19-15-5-4-14(12-16(15)20-2)13-6-10-18(11-7-13)9-3-8-17/h4-5,12-13H,3,6-11,17H2,1-2H3. The van der Waals surface area contributed by atoms with Crippen molar-refractivity contribution in [2.45, 2.75) is 25.2 Å². The summed E-state index contributed by atoms with van der Waals surface area (Å²) in [4.78, 5) is 2.52. The molecule has 1 heterocycles. The summed E-state index contributed by atoms with van der Waals surface area (Å²) in [6, 6.07) is 6.30. The highest BCUT2D eigenvalue weighted by molar-refractivity contribution is 5.44. The zero-order valence-corrected chi connectivity index (χ0v) is 12.6. The molecule has 0 spiro atoms. The largest absolute Gasteiger partial charge is 0.493 e. The summed E-state index contributed by atoms with van der Waals surface area (Å²) in [7, 11) is 3.37. The first-order valence-electron chi connectivity index (χ1n) is 7.42. The van der Waals surface area contributed by atoms with Crippen LogP contribution in [0.5, 0.6) is 11.5 Å². The van der Waals surface area contributed by atoms with E-state index in [9.17, 15) is 0 Å². The molecular formula is C16H26N2O2. The number of hydrogen-bond donors (Lipinski definition) is 1. The fourth-order valence-corrected chi connectivity index (χ4v) is 2.91. The third-order valence-corrected chi connectivity index (χ3v) is 4.15. The molecule has 0 unspecified atom stereocenters. The van der Waals surface area contributed by atoms with Gasteiger partial charge in [0.05, 0.1) is 14.2 Å². The van der Waals surface area contributed by atoms with E-state index in [-0.39, 0.29) is 0 Å². The van der Waals surface area contributed by atoms with Crippen molar-refractivity contribution in [2.75, 3.05) is 40.4 Å². The second kappa shape index (κ2) is 7.50. The van der Waals surface area contributed by atoms with Crippen LogP contribution in [0.1, 0.15) is 30.7 Å². The van der Waals surface area contributed by atoms with Gasteiger partial charge in [-0.05, 0) is 69.1 Å². The second-order valence-electron chi connectivity index (χ2n) is 5.37. The third kappa shape index (κ3) is 3.64. The number of ether oxygens (including phenoxy) is 2. The Morgan fingerprint density at radius 2 is 1.85 bits per heavy atom. The predicted molar refractivity (Wildman–Crippen MR) is 81.6 cm³/mol. The van der Waals surface area contributed by atoms with Crippen molar-refractivity contribution in [3.8, 4) is 11.5 Å². The van der Waals surface area contributed by atoms with Gasteiger partial charge in [0, 0.05) is 0 Å². The summed E-state index contributed by atoms with van der Waals surface area (Å²) in [5.41, 5.74) is 6.93. The van der Waals surface area contributed by atoms with Crippen LogP contribution in [-0.2, 0) is 0 Å². The maximum absolute atomic E-state index is 5.57. The van der Waals surface area contributed by atoms with E-state index in [1.54, 1.807) is 14.2 Å². The predicted octanol–water partition coefficient (Wildman–Crippen LogP) is 2.23. The van der Waals surface area contributed by atoms with Gasteiger partial charge >= 0.3 is 0 Å². The van der Waals surface area contributed by atoms with Crippen LogP contribution in [0, 0.1) is 0 Å². The van der Waals surface area contributed by atoms with Crippen LogP contribution in [0.4, 0.5) is 0 Å². The zero-order valence-electron chi connectivity index (χ0n) is 12.6. The van der Waals surface area contributed by atoms with Gasteiger partial charge in [-0.15, -0.1) is 0 Å². The van der Waals surface area contributed by atoms with E-state index >= 15 is 0 Å². The first kappa shape index (κ1) is 15.1. The fraction of sp³-hybridized carbons (Fsp3) is 0.625. The number of likely N-dealkylation sites (tertiary alicyclic amines) is 1.